The molecule has 2 aromatic carbocycles. The van der Waals surface area contributed by atoms with Crippen molar-refractivity contribution in [2.75, 3.05) is 0 Å². The molecule has 0 amide bonds. The van der Waals surface area contributed by atoms with E-state index in [2.05, 4.69) is 5.10 Å². The number of hydrogen-bond acceptors (Lipinski definition) is 6. The van der Waals surface area contributed by atoms with Crippen LogP contribution in [0.1, 0.15) is 11.6 Å². The number of fused-ring (bicyclic) bond motifs is 1. The maximum Gasteiger partial charge on any atom is 0.333 e. The average molecular weight is 329 g/mol. The topological polar surface area (TPSA) is 139 Å². The Balaban J connectivity index is 2.27. The Morgan fingerprint density at radius 2 is 1.96 bits per heavy atom. The number of aromatic nitrogens is 2. The molecule has 0 spiro atoms. The van der Waals surface area contributed by atoms with Crippen LogP contribution in [0.2, 0.25) is 0 Å². The highest BCUT2D eigenvalue weighted by molar-refractivity contribution is 5.89. The summed E-state index contributed by atoms with van der Waals surface area (Å²) in [6.45, 7) is 0. The molecule has 1 unspecified atom stereocenters. The number of nitro benzene ring substituents is 1. The van der Waals surface area contributed by atoms with E-state index in [9.17, 15) is 30.2 Å². The minimum Gasteiger partial charge on any atom is -0.504 e. The minimum atomic E-state index is -1.41. The Labute approximate surface area is 134 Å². The number of hydrogen-bond donors (Lipinski definition) is 3. The lowest BCUT2D eigenvalue weighted by molar-refractivity contribution is -0.383. The Hall–Kier alpha value is -3.62. The largest absolute Gasteiger partial charge is 0.504 e. The van der Waals surface area contributed by atoms with E-state index < -0.39 is 28.4 Å². The van der Waals surface area contributed by atoms with Crippen molar-refractivity contribution in [2.24, 2.45) is 0 Å². The third-order valence-corrected chi connectivity index (χ3v) is 3.59. The first kappa shape index (κ1) is 15.3. The van der Waals surface area contributed by atoms with Gasteiger partial charge in [0.05, 0.1) is 11.1 Å². The summed E-state index contributed by atoms with van der Waals surface area (Å²) in [6, 6.07) is 6.43. The Kier molecular flexibility index (Phi) is 3.53. The Morgan fingerprint density at radius 1 is 1.21 bits per heavy atom. The molecule has 122 valence electrons. The summed E-state index contributed by atoms with van der Waals surface area (Å²) in [6.07, 6.45) is 1.33. The van der Waals surface area contributed by atoms with E-state index in [0.717, 1.165) is 16.8 Å². The monoisotopic (exact) mass is 329 g/mol. The van der Waals surface area contributed by atoms with Gasteiger partial charge >= 0.3 is 5.97 Å². The van der Waals surface area contributed by atoms with Crippen molar-refractivity contribution in [3.8, 4) is 11.5 Å². The van der Waals surface area contributed by atoms with Crippen LogP contribution in [-0.4, -0.2) is 36.0 Å². The number of aliphatic carboxylic acids is 1. The van der Waals surface area contributed by atoms with E-state index in [-0.39, 0.29) is 16.8 Å². The molecule has 1 heterocycles. The highest BCUT2D eigenvalue weighted by Gasteiger charge is 2.28. The van der Waals surface area contributed by atoms with Gasteiger partial charge in [-0.15, -0.1) is 0 Å². The Morgan fingerprint density at radius 3 is 2.58 bits per heavy atom. The lowest BCUT2D eigenvalue weighted by Gasteiger charge is -2.15. The summed E-state index contributed by atoms with van der Waals surface area (Å²) in [5.41, 5.74) is -0.109. The standard InChI is InChI=1S/C15H11N3O6/c19-11-5-4-8(6-12(11)20)14(15(21)22)17-13-9(7-16-17)2-1-3-10(13)18(23)24/h1-7,14,19-20H,(H,21,22). The first-order valence-corrected chi connectivity index (χ1v) is 6.75. The van der Waals surface area contributed by atoms with Crippen molar-refractivity contribution in [1.82, 2.24) is 9.78 Å². The number of rotatable bonds is 4. The number of carbonyl (C=O) groups is 1. The van der Waals surface area contributed by atoms with Gasteiger partial charge in [0.25, 0.3) is 5.69 Å². The van der Waals surface area contributed by atoms with Crippen molar-refractivity contribution >= 4 is 22.6 Å². The first-order valence-electron chi connectivity index (χ1n) is 6.75. The van der Waals surface area contributed by atoms with Gasteiger partial charge in [0.1, 0.15) is 5.52 Å². The number of carboxylic acid groups (broad SMARTS) is 1. The van der Waals surface area contributed by atoms with Crippen LogP contribution in [-0.2, 0) is 4.79 Å². The van der Waals surface area contributed by atoms with E-state index in [0.29, 0.717) is 5.39 Å². The van der Waals surface area contributed by atoms with Crippen molar-refractivity contribution < 1.29 is 25.0 Å². The molecule has 9 nitrogen and oxygen atoms in total. The van der Waals surface area contributed by atoms with Gasteiger partial charge in [-0.2, -0.15) is 5.10 Å². The van der Waals surface area contributed by atoms with Crippen molar-refractivity contribution in [1.29, 1.82) is 0 Å². The number of nitrogens with zero attached hydrogens (tertiary/aromatic N) is 3. The summed E-state index contributed by atoms with van der Waals surface area (Å²) in [7, 11) is 0. The number of para-hydroxylation sites is 1. The molecule has 0 fully saturated rings. The van der Waals surface area contributed by atoms with Gasteiger partial charge in [-0.25, -0.2) is 9.48 Å². The highest BCUT2D eigenvalue weighted by Crippen LogP contribution is 2.33. The fraction of sp³-hybridized carbons (Fsp3) is 0.0667. The fourth-order valence-electron chi connectivity index (χ4n) is 2.53. The van der Waals surface area contributed by atoms with Gasteiger partial charge in [-0.05, 0) is 17.7 Å². The number of carboxylic acids is 1. The normalized spacial score (nSPS) is 12.2. The second-order valence-corrected chi connectivity index (χ2v) is 5.05. The number of phenols is 2. The molecule has 1 aromatic heterocycles. The number of aromatic hydroxyl groups is 2. The van der Waals surface area contributed by atoms with Crippen LogP contribution < -0.4 is 0 Å². The highest BCUT2D eigenvalue weighted by atomic mass is 16.6. The number of phenolic OH excluding ortho intramolecular Hbond substituents is 2. The molecule has 24 heavy (non-hydrogen) atoms. The molecule has 0 bridgehead atoms. The molecule has 9 heteroatoms. The van der Waals surface area contributed by atoms with Gasteiger partial charge in [0.15, 0.2) is 17.5 Å². The van der Waals surface area contributed by atoms with E-state index in [1.165, 1.54) is 24.4 Å². The number of nitro groups is 1. The molecule has 3 aromatic rings. The zero-order chi connectivity index (χ0) is 17.4. The molecule has 0 radical (unpaired) electrons. The van der Waals surface area contributed by atoms with E-state index in [1.807, 2.05) is 0 Å². The van der Waals surface area contributed by atoms with Crippen LogP contribution in [0, 0.1) is 10.1 Å². The molecular formula is C15H11N3O6. The summed E-state index contributed by atoms with van der Waals surface area (Å²) >= 11 is 0. The third-order valence-electron chi connectivity index (χ3n) is 3.59. The smallest absolute Gasteiger partial charge is 0.333 e. The molecule has 3 N–H and O–H groups in total. The van der Waals surface area contributed by atoms with E-state index in [4.69, 9.17) is 0 Å². The summed E-state index contributed by atoms with van der Waals surface area (Å²) in [4.78, 5) is 22.4. The maximum absolute atomic E-state index is 11.7. The second-order valence-electron chi connectivity index (χ2n) is 5.05. The van der Waals surface area contributed by atoms with Crippen LogP contribution in [0.4, 0.5) is 5.69 Å². The third kappa shape index (κ3) is 2.37. The number of benzene rings is 2. The van der Waals surface area contributed by atoms with E-state index >= 15 is 0 Å². The van der Waals surface area contributed by atoms with Crippen LogP contribution in [0.5, 0.6) is 11.5 Å². The second kappa shape index (κ2) is 5.54. The quantitative estimate of drug-likeness (QED) is 0.378. The SMILES string of the molecule is O=C(O)C(c1ccc(O)c(O)c1)n1ncc2cccc([N+](=O)[O-])c21. The summed E-state index contributed by atoms with van der Waals surface area (Å²) in [5, 5.41) is 44.2. The zero-order valence-electron chi connectivity index (χ0n) is 12.0. The van der Waals surface area contributed by atoms with E-state index in [1.54, 1.807) is 6.07 Å². The summed E-state index contributed by atoms with van der Waals surface area (Å²) < 4.78 is 1.02. The fourth-order valence-corrected chi connectivity index (χ4v) is 2.53. The lowest BCUT2D eigenvalue weighted by Crippen LogP contribution is -2.21. The summed E-state index contributed by atoms with van der Waals surface area (Å²) in [5.74, 6) is -2.22. The van der Waals surface area contributed by atoms with Gasteiger partial charge < -0.3 is 15.3 Å². The van der Waals surface area contributed by atoms with Crippen molar-refractivity contribution in [2.45, 2.75) is 6.04 Å². The van der Waals surface area contributed by atoms with Gasteiger partial charge in [-0.1, -0.05) is 18.2 Å². The van der Waals surface area contributed by atoms with Crippen molar-refractivity contribution in [3.05, 3.63) is 58.3 Å². The molecule has 0 aliphatic rings. The minimum absolute atomic E-state index is 0.0578. The van der Waals surface area contributed by atoms with Gasteiger partial charge in [0.2, 0.25) is 0 Å². The molecule has 0 aliphatic heterocycles. The average Bonchev–Trinajstić information content (AvgIpc) is 2.94. The predicted molar refractivity (Wildman–Crippen MR) is 81.9 cm³/mol. The molecule has 0 saturated carbocycles. The predicted octanol–water partition coefficient (Wildman–Crippen LogP) is 2.03. The van der Waals surface area contributed by atoms with Gasteiger partial charge in [-0.3, -0.25) is 10.1 Å². The van der Waals surface area contributed by atoms with Crippen LogP contribution >= 0.6 is 0 Å². The molecule has 3 rings (SSSR count). The van der Waals surface area contributed by atoms with Crippen LogP contribution in [0.25, 0.3) is 10.9 Å². The lowest BCUT2D eigenvalue weighted by atomic mass is 10.1. The van der Waals surface area contributed by atoms with Crippen LogP contribution in [0.3, 0.4) is 0 Å². The molecule has 0 saturated heterocycles. The Bertz CT molecular complexity index is 965. The molecular weight excluding hydrogens is 318 g/mol. The molecule has 1 atom stereocenters. The number of non-ortho nitro benzene ring substituents is 1. The maximum atomic E-state index is 11.7. The van der Waals surface area contributed by atoms with Crippen molar-refractivity contribution in [3.63, 3.8) is 0 Å². The first-order chi connectivity index (χ1) is 11.4. The zero-order valence-corrected chi connectivity index (χ0v) is 12.0. The molecule has 0 aliphatic carbocycles. The van der Waals surface area contributed by atoms with Gasteiger partial charge in [0, 0.05) is 11.5 Å². The van der Waals surface area contributed by atoms with Crippen LogP contribution in [0.15, 0.2) is 42.6 Å².